The average Bonchev–Trinajstić information content (AvgIpc) is 3.09. The van der Waals surface area contributed by atoms with Crippen LogP contribution in [-0.2, 0) is 11.3 Å². The van der Waals surface area contributed by atoms with Crippen LogP contribution < -0.4 is 11.1 Å². The molecule has 0 saturated carbocycles. The molecule has 7 nitrogen and oxygen atoms in total. The number of nitrogens with one attached hydrogen (secondary N) is 1. The maximum Gasteiger partial charge on any atom is 0.243 e. The molecule has 3 N–H and O–H groups in total. The Morgan fingerprint density at radius 3 is 2.97 bits per heavy atom. The fourth-order valence-electron chi connectivity index (χ4n) is 4.23. The number of hydrogen-bond donors (Lipinski definition) is 2. The fraction of sp³-hybridized carbons (Fsp3) is 0.130. The standard InChI is InChI=1S/C23H20N6O/c1-3-18(30)28-16-8-13(2)21-19(15-9-14-6-4-5-7-17(14)25-10-15)20-22(24)26-12-27-23(20)29(21)11-16/h3-10,12,16H,1,11H2,2H3,(H,28,30)(H2,24,26,27). The van der Waals surface area contributed by atoms with Crippen LogP contribution >= 0.6 is 0 Å². The molecule has 0 aliphatic carbocycles. The van der Waals surface area contributed by atoms with Gasteiger partial charge in [0.1, 0.15) is 17.8 Å². The molecular formula is C23H20N6O. The van der Waals surface area contributed by atoms with Gasteiger partial charge in [-0.1, -0.05) is 30.9 Å². The molecule has 1 aliphatic heterocycles. The minimum atomic E-state index is -0.211. The van der Waals surface area contributed by atoms with Gasteiger partial charge in [0.15, 0.2) is 0 Å². The zero-order chi connectivity index (χ0) is 20.8. The smallest absolute Gasteiger partial charge is 0.243 e. The second-order valence-electron chi connectivity index (χ2n) is 7.38. The second kappa shape index (κ2) is 6.81. The van der Waals surface area contributed by atoms with Crippen molar-refractivity contribution in [2.45, 2.75) is 19.5 Å². The quantitative estimate of drug-likeness (QED) is 0.518. The summed E-state index contributed by atoms with van der Waals surface area (Å²) in [4.78, 5) is 25.2. The van der Waals surface area contributed by atoms with E-state index in [0.29, 0.717) is 12.4 Å². The number of allylic oxidation sites excluding steroid dienone is 1. The molecule has 5 rings (SSSR count). The first kappa shape index (κ1) is 18.1. The summed E-state index contributed by atoms with van der Waals surface area (Å²) in [5.41, 5.74) is 11.9. The number of benzene rings is 1. The molecule has 1 aromatic carbocycles. The van der Waals surface area contributed by atoms with Gasteiger partial charge in [0.25, 0.3) is 0 Å². The zero-order valence-electron chi connectivity index (χ0n) is 16.5. The molecule has 0 radical (unpaired) electrons. The topological polar surface area (TPSA) is 98.7 Å². The van der Waals surface area contributed by atoms with Crippen molar-refractivity contribution in [3.05, 3.63) is 67.3 Å². The molecule has 1 aliphatic rings. The summed E-state index contributed by atoms with van der Waals surface area (Å²) in [5.74, 6) is 0.210. The van der Waals surface area contributed by atoms with Crippen molar-refractivity contribution < 1.29 is 4.79 Å². The Balaban J connectivity index is 1.77. The molecule has 1 unspecified atom stereocenters. The summed E-state index contributed by atoms with van der Waals surface area (Å²) in [6.45, 7) is 6.10. The first-order chi connectivity index (χ1) is 14.6. The molecule has 0 saturated heterocycles. The minimum Gasteiger partial charge on any atom is -0.383 e. The SMILES string of the molecule is C=CC(=O)NC1C=C(C)c2c(-c3cnc4ccccc4c3)c3c(N)ncnc3n2C1. The lowest BCUT2D eigenvalue weighted by molar-refractivity contribution is -0.116. The summed E-state index contributed by atoms with van der Waals surface area (Å²) in [7, 11) is 0. The number of fused-ring (bicyclic) bond motifs is 4. The number of nitrogens with two attached hydrogens (primary N) is 1. The summed E-state index contributed by atoms with van der Waals surface area (Å²) < 4.78 is 2.10. The van der Waals surface area contributed by atoms with Gasteiger partial charge in [0.2, 0.25) is 5.91 Å². The number of nitrogen functional groups attached to an aromatic ring is 1. The van der Waals surface area contributed by atoms with Crippen LogP contribution in [0.2, 0.25) is 0 Å². The highest BCUT2D eigenvalue weighted by atomic mass is 16.1. The molecule has 30 heavy (non-hydrogen) atoms. The van der Waals surface area contributed by atoms with Gasteiger partial charge in [0, 0.05) is 29.3 Å². The third-order valence-corrected chi connectivity index (χ3v) is 5.47. The number of aromatic nitrogens is 4. The van der Waals surface area contributed by atoms with Crippen LogP contribution in [0, 0.1) is 0 Å². The Hall–Kier alpha value is -4.00. The van der Waals surface area contributed by atoms with Gasteiger partial charge in [-0.05, 0) is 30.7 Å². The van der Waals surface area contributed by atoms with E-state index in [1.165, 1.54) is 12.4 Å². The van der Waals surface area contributed by atoms with E-state index >= 15 is 0 Å². The highest BCUT2D eigenvalue weighted by Gasteiger charge is 2.28. The van der Waals surface area contributed by atoms with Crippen LogP contribution in [-0.4, -0.2) is 31.5 Å². The molecular weight excluding hydrogens is 376 g/mol. The normalized spacial score (nSPS) is 15.6. The predicted molar refractivity (Wildman–Crippen MR) is 118 cm³/mol. The van der Waals surface area contributed by atoms with E-state index in [9.17, 15) is 4.79 Å². The minimum absolute atomic E-state index is 0.169. The average molecular weight is 396 g/mol. The second-order valence-corrected chi connectivity index (χ2v) is 7.38. The van der Waals surface area contributed by atoms with Crippen molar-refractivity contribution >= 4 is 39.2 Å². The molecule has 4 heterocycles. The Bertz CT molecular complexity index is 1370. The van der Waals surface area contributed by atoms with Gasteiger partial charge in [0.05, 0.1) is 22.6 Å². The lowest BCUT2D eigenvalue weighted by atomic mass is 9.97. The third kappa shape index (κ3) is 2.75. The Kier molecular flexibility index (Phi) is 4.10. The maximum absolute atomic E-state index is 11.8. The van der Waals surface area contributed by atoms with Gasteiger partial charge in [-0.3, -0.25) is 9.78 Å². The Morgan fingerprint density at radius 2 is 2.13 bits per heavy atom. The summed E-state index contributed by atoms with van der Waals surface area (Å²) >= 11 is 0. The van der Waals surface area contributed by atoms with Gasteiger partial charge in [-0.25, -0.2) is 9.97 Å². The van der Waals surface area contributed by atoms with E-state index in [-0.39, 0.29) is 11.9 Å². The Labute approximate surface area is 173 Å². The summed E-state index contributed by atoms with van der Waals surface area (Å²) in [5, 5.41) is 4.80. The van der Waals surface area contributed by atoms with Crippen LogP contribution in [0.3, 0.4) is 0 Å². The number of anilines is 1. The number of rotatable bonds is 3. The van der Waals surface area contributed by atoms with Gasteiger partial charge in [-0.2, -0.15) is 0 Å². The van der Waals surface area contributed by atoms with Crippen molar-refractivity contribution in [3.8, 4) is 11.1 Å². The largest absolute Gasteiger partial charge is 0.383 e. The molecule has 1 amide bonds. The van der Waals surface area contributed by atoms with Gasteiger partial charge in [-0.15, -0.1) is 0 Å². The first-order valence-electron chi connectivity index (χ1n) is 9.66. The zero-order valence-corrected chi connectivity index (χ0v) is 16.5. The molecule has 7 heteroatoms. The van der Waals surface area contributed by atoms with Gasteiger partial charge < -0.3 is 15.6 Å². The number of carbonyl (C=O) groups excluding carboxylic acids is 1. The molecule has 0 spiro atoms. The van der Waals surface area contributed by atoms with E-state index < -0.39 is 0 Å². The van der Waals surface area contributed by atoms with Crippen LogP contribution in [0.5, 0.6) is 0 Å². The number of carbonyl (C=O) groups is 1. The molecule has 3 aromatic heterocycles. The lowest BCUT2D eigenvalue weighted by Gasteiger charge is -2.24. The van der Waals surface area contributed by atoms with Crippen LogP contribution in [0.1, 0.15) is 12.6 Å². The predicted octanol–water partition coefficient (Wildman–Crippen LogP) is 3.32. The van der Waals surface area contributed by atoms with Crippen molar-refractivity contribution in [1.82, 2.24) is 24.8 Å². The highest BCUT2D eigenvalue weighted by molar-refractivity contribution is 6.07. The van der Waals surface area contributed by atoms with Crippen molar-refractivity contribution in [2.75, 3.05) is 5.73 Å². The third-order valence-electron chi connectivity index (χ3n) is 5.47. The van der Waals surface area contributed by atoms with E-state index in [1.54, 1.807) is 0 Å². The molecule has 0 bridgehead atoms. The Morgan fingerprint density at radius 1 is 1.30 bits per heavy atom. The fourth-order valence-corrected chi connectivity index (χ4v) is 4.23. The number of para-hydroxylation sites is 1. The number of hydrogen-bond acceptors (Lipinski definition) is 5. The van der Waals surface area contributed by atoms with Gasteiger partial charge >= 0.3 is 0 Å². The molecule has 1 atom stereocenters. The summed E-state index contributed by atoms with van der Waals surface area (Å²) in [6.07, 6.45) is 6.66. The lowest BCUT2D eigenvalue weighted by Crippen LogP contribution is -2.37. The number of amides is 1. The van der Waals surface area contributed by atoms with Crippen LogP contribution in [0.15, 0.2) is 61.6 Å². The summed E-state index contributed by atoms with van der Waals surface area (Å²) in [6, 6.07) is 9.94. The molecule has 0 fully saturated rings. The van der Waals surface area contributed by atoms with E-state index in [2.05, 4.69) is 43.6 Å². The highest BCUT2D eigenvalue weighted by Crippen LogP contribution is 2.41. The first-order valence-corrected chi connectivity index (χ1v) is 9.66. The maximum atomic E-state index is 11.8. The molecule has 4 aromatic rings. The van der Waals surface area contributed by atoms with Crippen LogP contribution in [0.25, 0.3) is 38.6 Å². The number of nitrogens with zero attached hydrogens (tertiary/aromatic N) is 4. The van der Waals surface area contributed by atoms with Crippen molar-refractivity contribution in [2.24, 2.45) is 0 Å². The van der Waals surface area contributed by atoms with E-state index in [1.807, 2.05) is 37.4 Å². The van der Waals surface area contributed by atoms with E-state index in [0.717, 1.165) is 44.3 Å². The van der Waals surface area contributed by atoms with E-state index in [4.69, 9.17) is 5.73 Å². The monoisotopic (exact) mass is 396 g/mol. The molecule has 148 valence electrons. The van der Waals surface area contributed by atoms with Crippen molar-refractivity contribution in [1.29, 1.82) is 0 Å². The van der Waals surface area contributed by atoms with Crippen molar-refractivity contribution in [3.63, 3.8) is 0 Å². The van der Waals surface area contributed by atoms with Crippen LogP contribution in [0.4, 0.5) is 5.82 Å². The number of pyridine rings is 1.